The second-order valence-electron chi connectivity index (χ2n) is 4.62. The van der Waals surface area contributed by atoms with E-state index in [9.17, 15) is 9.59 Å². The molecule has 0 N–H and O–H groups in total. The third-order valence-electron chi connectivity index (χ3n) is 3.30. The Morgan fingerprint density at radius 3 is 2.55 bits per heavy atom. The van der Waals surface area contributed by atoms with E-state index in [1.165, 1.54) is 14.2 Å². The average Bonchev–Trinajstić information content (AvgIpc) is 2.55. The quantitative estimate of drug-likeness (QED) is 0.760. The Morgan fingerprint density at radius 1 is 1.23 bits per heavy atom. The number of anilines is 1. The summed E-state index contributed by atoms with van der Waals surface area (Å²) in [4.78, 5) is 25.7. The first-order valence-electron chi connectivity index (χ1n) is 6.51. The van der Waals surface area contributed by atoms with Crippen molar-refractivity contribution in [2.75, 3.05) is 32.5 Å². The third kappa shape index (κ3) is 3.00. The number of rotatable bonds is 3. The fraction of sp³-hybridized carbons (Fsp3) is 0.333. The van der Waals surface area contributed by atoms with Crippen LogP contribution in [0.25, 0.3) is 0 Å². The molecule has 0 bridgehead atoms. The lowest BCUT2D eigenvalue weighted by Gasteiger charge is -2.32. The van der Waals surface area contributed by atoms with Crippen LogP contribution in [0, 0.1) is 6.92 Å². The lowest BCUT2D eigenvalue weighted by molar-refractivity contribution is -0.140. The zero-order valence-corrected chi connectivity index (χ0v) is 14.1. The first-order valence-corrected chi connectivity index (χ1v) is 7.30. The molecule has 0 fully saturated rings. The number of benzene rings is 1. The van der Waals surface area contributed by atoms with Gasteiger partial charge >= 0.3 is 11.9 Å². The first kappa shape index (κ1) is 16.5. The molecule has 1 aliphatic rings. The van der Waals surface area contributed by atoms with Crippen molar-refractivity contribution in [1.82, 2.24) is 0 Å². The van der Waals surface area contributed by atoms with E-state index in [0.29, 0.717) is 5.69 Å². The summed E-state index contributed by atoms with van der Waals surface area (Å²) in [6.45, 7) is 2.06. The number of methoxy groups -OCH3 is 2. The predicted molar refractivity (Wildman–Crippen MR) is 83.2 cm³/mol. The number of esters is 2. The van der Waals surface area contributed by atoms with Crippen molar-refractivity contribution in [3.63, 3.8) is 0 Å². The van der Waals surface area contributed by atoms with E-state index < -0.39 is 11.9 Å². The standard InChI is InChI=1S/C15H16BrNO5/c1-9-5-4-6-11(12(9)16)17-8-22-7-10(14(18)20-2)13(17)15(19)21-3/h4-6H,7-8H2,1-3H3. The summed E-state index contributed by atoms with van der Waals surface area (Å²) in [5.41, 5.74) is 1.97. The van der Waals surface area contributed by atoms with Crippen LogP contribution in [0.15, 0.2) is 33.9 Å². The second kappa shape index (κ2) is 6.93. The highest BCUT2D eigenvalue weighted by atomic mass is 79.9. The molecule has 0 atom stereocenters. The molecule has 1 aromatic rings. The lowest BCUT2D eigenvalue weighted by atomic mass is 10.1. The van der Waals surface area contributed by atoms with Crippen molar-refractivity contribution in [2.24, 2.45) is 0 Å². The van der Waals surface area contributed by atoms with E-state index in [1.54, 1.807) is 4.90 Å². The molecule has 0 aliphatic carbocycles. The van der Waals surface area contributed by atoms with Crippen molar-refractivity contribution < 1.29 is 23.8 Å². The molecule has 7 heteroatoms. The van der Waals surface area contributed by atoms with Crippen LogP contribution < -0.4 is 4.90 Å². The van der Waals surface area contributed by atoms with Crippen molar-refractivity contribution in [2.45, 2.75) is 6.92 Å². The van der Waals surface area contributed by atoms with Gasteiger partial charge in [-0.3, -0.25) is 0 Å². The number of nitrogens with zero attached hydrogens (tertiary/aromatic N) is 1. The largest absolute Gasteiger partial charge is 0.466 e. The van der Waals surface area contributed by atoms with Crippen LogP contribution in [0.4, 0.5) is 5.69 Å². The number of halogens is 1. The van der Waals surface area contributed by atoms with Gasteiger partial charge in [0.2, 0.25) is 0 Å². The van der Waals surface area contributed by atoms with E-state index in [0.717, 1.165) is 10.0 Å². The Kier molecular flexibility index (Phi) is 5.20. The highest BCUT2D eigenvalue weighted by Crippen LogP contribution is 2.34. The third-order valence-corrected chi connectivity index (χ3v) is 4.33. The first-order chi connectivity index (χ1) is 10.5. The van der Waals surface area contributed by atoms with Gasteiger partial charge in [0, 0.05) is 4.47 Å². The van der Waals surface area contributed by atoms with E-state index in [1.807, 2.05) is 25.1 Å². The normalized spacial score (nSPS) is 14.8. The average molecular weight is 370 g/mol. The molecule has 118 valence electrons. The Morgan fingerprint density at radius 2 is 1.91 bits per heavy atom. The summed E-state index contributed by atoms with van der Waals surface area (Å²) in [6.07, 6.45) is 0. The van der Waals surface area contributed by atoms with Gasteiger partial charge in [-0.2, -0.15) is 0 Å². The molecule has 0 amide bonds. The molecule has 0 spiro atoms. The molecule has 0 unspecified atom stereocenters. The molecule has 0 radical (unpaired) electrons. The molecular formula is C15H16BrNO5. The monoisotopic (exact) mass is 369 g/mol. The van der Waals surface area contributed by atoms with Crippen LogP contribution in [0.3, 0.4) is 0 Å². The van der Waals surface area contributed by atoms with E-state index in [2.05, 4.69) is 15.9 Å². The van der Waals surface area contributed by atoms with Gasteiger partial charge in [-0.25, -0.2) is 9.59 Å². The summed E-state index contributed by atoms with van der Waals surface area (Å²) in [5.74, 6) is -1.23. The zero-order chi connectivity index (χ0) is 16.3. The van der Waals surface area contributed by atoms with Gasteiger partial charge in [0.05, 0.1) is 32.1 Å². The van der Waals surface area contributed by atoms with Crippen LogP contribution in [0.1, 0.15) is 5.56 Å². The number of hydrogen-bond acceptors (Lipinski definition) is 6. The van der Waals surface area contributed by atoms with E-state index in [4.69, 9.17) is 14.2 Å². The highest BCUT2D eigenvalue weighted by Gasteiger charge is 2.33. The van der Waals surface area contributed by atoms with Crippen molar-refractivity contribution in [3.8, 4) is 0 Å². The van der Waals surface area contributed by atoms with Gasteiger partial charge in [0.1, 0.15) is 12.4 Å². The Bertz CT molecular complexity index is 641. The van der Waals surface area contributed by atoms with Crippen LogP contribution in [0.2, 0.25) is 0 Å². The van der Waals surface area contributed by atoms with E-state index >= 15 is 0 Å². The lowest BCUT2D eigenvalue weighted by Crippen LogP contribution is -2.39. The topological polar surface area (TPSA) is 65.1 Å². The fourth-order valence-electron chi connectivity index (χ4n) is 2.17. The number of carbonyl (C=O) groups excluding carboxylic acids is 2. The molecule has 1 aliphatic heterocycles. The Balaban J connectivity index is 2.60. The number of hydrogen-bond donors (Lipinski definition) is 0. The summed E-state index contributed by atoms with van der Waals surface area (Å²) in [5, 5.41) is 0. The van der Waals surface area contributed by atoms with Crippen LogP contribution in [0.5, 0.6) is 0 Å². The predicted octanol–water partition coefficient (Wildman–Crippen LogP) is 2.15. The van der Waals surface area contributed by atoms with Crippen LogP contribution >= 0.6 is 15.9 Å². The fourth-order valence-corrected chi connectivity index (χ4v) is 2.65. The SMILES string of the molecule is COC(=O)C1=C(C(=O)OC)N(c2cccc(C)c2Br)COC1. The Hall–Kier alpha value is -1.86. The summed E-state index contributed by atoms with van der Waals surface area (Å²) in [6, 6.07) is 5.61. The number of carbonyl (C=O) groups is 2. The maximum atomic E-state index is 12.2. The van der Waals surface area contributed by atoms with Crippen molar-refractivity contribution in [1.29, 1.82) is 0 Å². The zero-order valence-electron chi connectivity index (χ0n) is 12.5. The maximum absolute atomic E-state index is 12.2. The van der Waals surface area contributed by atoms with Crippen molar-refractivity contribution >= 4 is 33.6 Å². The van der Waals surface area contributed by atoms with Gasteiger partial charge in [-0.15, -0.1) is 0 Å². The highest BCUT2D eigenvalue weighted by molar-refractivity contribution is 9.10. The molecule has 0 aromatic heterocycles. The second-order valence-corrected chi connectivity index (χ2v) is 5.42. The van der Waals surface area contributed by atoms with Gasteiger partial charge in [0.25, 0.3) is 0 Å². The number of ether oxygens (including phenoxy) is 3. The van der Waals surface area contributed by atoms with Crippen LogP contribution in [-0.2, 0) is 23.8 Å². The summed E-state index contributed by atoms with van der Waals surface area (Å²) in [7, 11) is 2.52. The summed E-state index contributed by atoms with van der Waals surface area (Å²) >= 11 is 3.50. The van der Waals surface area contributed by atoms with Gasteiger partial charge in [0.15, 0.2) is 0 Å². The molecule has 1 heterocycles. The number of aryl methyl sites for hydroxylation is 1. The minimum atomic E-state index is -0.617. The maximum Gasteiger partial charge on any atom is 0.355 e. The molecule has 22 heavy (non-hydrogen) atoms. The van der Waals surface area contributed by atoms with Gasteiger partial charge in [-0.1, -0.05) is 12.1 Å². The molecule has 1 aromatic carbocycles. The summed E-state index contributed by atoms with van der Waals surface area (Å²) < 4.78 is 15.8. The smallest absolute Gasteiger partial charge is 0.355 e. The minimum Gasteiger partial charge on any atom is -0.466 e. The molecule has 2 rings (SSSR count). The minimum absolute atomic E-state index is 0.00294. The molecule has 0 saturated heterocycles. The van der Waals surface area contributed by atoms with Crippen LogP contribution in [-0.4, -0.2) is 39.5 Å². The van der Waals surface area contributed by atoms with Gasteiger partial charge < -0.3 is 19.1 Å². The van der Waals surface area contributed by atoms with Gasteiger partial charge in [-0.05, 0) is 34.5 Å². The molecule has 0 saturated carbocycles. The van der Waals surface area contributed by atoms with Crippen molar-refractivity contribution in [3.05, 3.63) is 39.5 Å². The molecular weight excluding hydrogens is 354 g/mol. The Labute approximate surface area is 136 Å². The molecule has 6 nitrogen and oxygen atoms in total. The van der Waals surface area contributed by atoms with E-state index in [-0.39, 0.29) is 24.6 Å².